The van der Waals surface area contributed by atoms with Gasteiger partial charge in [-0.25, -0.2) is 9.79 Å². The van der Waals surface area contributed by atoms with E-state index in [-0.39, 0.29) is 10.8 Å². The molecule has 27 heavy (non-hydrogen) atoms. The zero-order chi connectivity index (χ0) is 19.4. The molecule has 0 aromatic heterocycles. The van der Waals surface area contributed by atoms with Crippen molar-refractivity contribution in [1.29, 1.82) is 0 Å². The maximum Gasteiger partial charge on any atom is 0.337 e. The summed E-state index contributed by atoms with van der Waals surface area (Å²) in [4.78, 5) is 16.2. The summed E-state index contributed by atoms with van der Waals surface area (Å²) in [6.45, 7) is 3.99. The van der Waals surface area contributed by atoms with Crippen LogP contribution in [0.15, 0.2) is 70.7 Å². The average molecular weight is 424 g/mol. The number of carbonyl (C=O) groups excluding carboxylic acids is 1. The number of allylic oxidation sites excluding steroid dienone is 3. The van der Waals surface area contributed by atoms with Gasteiger partial charge in [-0.3, -0.25) is 5.43 Å². The number of alkyl halides is 2. The van der Waals surface area contributed by atoms with Gasteiger partial charge in [0.1, 0.15) is 0 Å². The van der Waals surface area contributed by atoms with Gasteiger partial charge in [0.2, 0.25) is 6.29 Å². The van der Waals surface area contributed by atoms with E-state index in [4.69, 9.17) is 28.9 Å². The van der Waals surface area contributed by atoms with Crippen molar-refractivity contribution in [3.8, 4) is 0 Å². The fraction of sp³-hybridized carbons (Fsp3) is 0.222. The highest BCUT2D eigenvalue weighted by molar-refractivity contribution is 8.03. The summed E-state index contributed by atoms with van der Waals surface area (Å²) in [5.41, 5.74) is 10.2. The lowest BCUT2D eigenvalue weighted by Crippen LogP contribution is -2.52. The number of primary amides is 1. The van der Waals surface area contributed by atoms with Gasteiger partial charge in [0, 0.05) is 11.3 Å². The van der Waals surface area contributed by atoms with Crippen LogP contribution in [0.4, 0.5) is 4.79 Å². The van der Waals surface area contributed by atoms with Crippen molar-refractivity contribution in [3.05, 3.63) is 71.3 Å². The molecule has 6 nitrogen and oxygen atoms in total. The van der Waals surface area contributed by atoms with Crippen LogP contribution in [0, 0.1) is 0 Å². The quantitative estimate of drug-likeness (QED) is 0.613. The molecule has 142 valence electrons. The molecule has 3 atom stereocenters. The molecular formula is C18H19Cl2N5OS. The predicted molar refractivity (Wildman–Crippen MR) is 113 cm³/mol. The van der Waals surface area contributed by atoms with Crippen molar-refractivity contribution in [2.24, 2.45) is 10.7 Å². The number of urea groups is 1. The maximum atomic E-state index is 11.7. The van der Waals surface area contributed by atoms with Gasteiger partial charge in [-0.15, -0.1) is 35.0 Å². The predicted octanol–water partition coefficient (Wildman–Crippen LogP) is 3.12. The van der Waals surface area contributed by atoms with Gasteiger partial charge in [-0.05, 0) is 5.57 Å². The van der Waals surface area contributed by atoms with Gasteiger partial charge >= 0.3 is 6.03 Å². The van der Waals surface area contributed by atoms with Gasteiger partial charge < -0.3 is 11.1 Å². The van der Waals surface area contributed by atoms with Crippen LogP contribution in [0.3, 0.4) is 0 Å². The Morgan fingerprint density at radius 3 is 2.81 bits per heavy atom. The zero-order valence-electron chi connectivity index (χ0n) is 14.3. The van der Waals surface area contributed by atoms with Gasteiger partial charge in [-0.2, -0.15) is 5.01 Å². The lowest BCUT2D eigenvalue weighted by Gasteiger charge is -2.24. The third kappa shape index (κ3) is 4.80. The molecule has 0 radical (unpaired) electrons. The van der Waals surface area contributed by atoms with E-state index in [2.05, 4.69) is 22.3 Å². The van der Waals surface area contributed by atoms with Crippen LogP contribution in [0.25, 0.3) is 0 Å². The molecule has 2 aliphatic rings. The number of nitrogens with zero attached hydrogens (tertiary/aromatic N) is 2. The Balaban J connectivity index is 1.63. The average Bonchev–Trinajstić information content (AvgIpc) is 3.08. The van der Waals surface area contributed by atoms with Gasteiger partial charge in [0.25, 0.3) is 0 Å². The first kappa shape index (κ1) is 19.7. The summed E-state index contributed by atoms with van der Waals surface area (Å²) < 4.78 is 0. The van der Waals surface area contributed by atoms with E-state index >= 15 is 0 Å². The Morgan fingerprint density at radius 1 is 1.37 bits per heavy atom. The number of halogens is 2. The van der Waals surface area contributed by atoms with Crippen LogP contribution < -0.4 is 16.5 Å². The third-order valence-corrected chi connectivity index (χ3v) is 5.97. The minimum Gasteiger partial charge on any atom is -0.350 e. The SMILES string of the molecule is C=C(NC1N=C(c2ccccc2)NN1C(N)=O)SCC1=CC=CC(Cl)C1Cl. The Labute approximate surface area is 172 Å². The number of thioether (sulfide) groups is 1. The van der Waals surface area contributed by atoms with Crippen molar-refractivity contribution in [2.45, 2.75) is 17.0 Å². The van der Waals surface area contributed by atoms with Crippen LogP contribution in [-0.4, -0.2) is 39.7 Å². The molecule has 1 aliphatic carbocycles. The Morgan fingerprint density at radius 2 is 2.11 bits per heavy atom. The molecule has 4 N–H and O–H groups in total. The summed E-state index contributed by atoms with van der Waals surface area (Å²) in [7, 11) is 0. The number of hydrogen-bond donors (Lipinski definition) is 3. The number of rotatable bonds is 6. The highest BCUT2D eigenvalue weighted by atomic mass is 35.5. The molecular weight excluding hydrogens is 405 g/mol. The maximum absolute atomic E-state index is 11.7. The second-order valence-electron chi connectivity index (χ2n) is 5.87. The molecule has 0 bridgehead atoms. The van der Waals surface area contributed by atoms with Gasteiger partial charge in [0.15, 0.2) is 5.84 Å². The van der Waals surface area contributed by atoms with Crippen LogP contribution in [0.2, 0.25) is 0 Å². The van der Waals surface area contributed by atoms with E-state index in [0.29, 0.717) is 16.6 Å². The van der Waals surface area contributed by atoms with E-state index in [1.54, 1.807) is 0 Å². The third-order valence-electron chi connectivity index (χ3n) is 3.95. The first-order valence-corrected chi connectivity index (χ1v) is 10.0. The number of amides is 2. The molecule has 0 spiro atoms. The zero-order valence-corrected chi connectivity index (χ0v) is 16.6. The van der Waals surface area contributed by atoms with Crippen LogP contribution in [0.1, 0.15) is 5.56 Å². The molecule has 3 unspecified atom stereocenters. The molecule has 2 amide bonds. The minimum absolute atomic E-state index is 0.226. The highest BCUT2D eigenvalue weighted by Crippen LogP contribution is 2.28. The summed E-state index contributed by atoms with van der Waals surface area (Å²) >= 11 is 13.9. The smallest absolute Gasteiger partial charge is 0.337 e. The molecule has 1 aliphatic heterocycles. The number of benzene rings is 1. The molecule has 0 saturated carbocycles. The topological polar surface area (TPSA) is 82.8 Å². The number of nitrogens with two attached hydrogens (primary N) is 1. The van der Waals surface area contributed by atoms with Crippen molar-refractivity contribution in [3.63, 3.8) is 0 Å². The largest absolute Gasteiger partial charge is 0.350 e. The van der Waals surface area contributed by atoms with E-state index in [1.807, 2.05) is 48.6 Å². The first-order valence-electron chi connectivity index (χ1n) is 8.18. The summed E-state index contributed by atoms with van der Waals surface area (Å²) in [6, 6.07) is 8.83. The van der Waals surface area contributed by atoms with E-state index < -0.39 is 12.3 Å². The summed E-state index contributed by atoms with van der Waals surface area (Å²) in [5.74, 6) is 1.18. The second-order valence-corrected chi connectivity index (χ2v) is 7.91. The highest BCUT2D eigenvalue weighted by Gasteiger charge is 2.30. The van der Waals surface area contributed by atoms with Crippen LogP contribution in [0.5, 0.6) is 0 Å². The standard InChI is InChI=1S/C18H19Cl2N5OS/c1-11(27-10-13-8-5-9-14(19)15(13)20)22-18-23-16(24-25(18)17(21)26)12-6-3-2-4-7-12/h2-9,14-15,18,22H,1,10H2,(H2,21,26)(H,23,24). The lowest BCUT2D eigenvalue weighted by molar-refractivity contribution is 0.173. The molecule has 1 heterocycles. The Bertz CT molecular complexity index is 811. The Kier molecular flexibility index (Phi) is 6.36. The van der Waals surface area contributed by atoms with Crippen molar-refractivity contribution in [1.82, 2.24) is 15.8 Å². The number of nitrogens with one attached hydrogen (secondary N) is 2. The summed E-state index contributed by atoms with van der Waals surface area (Å²) in [5, 5.41) is 4.47. The molecule has 9 heteroatoms. The van der Waals surface area contributed by atoms with E-state index in [0.717, 1.165) is 11.1 Å². The fourth-order valence-corrected chi connectivity index (χ4v) is 3.93. The van der Waals surface area contributed by atoms with E-state index in [9.17, 15) is 4.79 Å². The van der Waals surface area contributed by atoms with Crippen molar-refractivity contribution >= 4 is 46.8 Å². The van der Waals surface area contributed by atoms with Crippen LogP contribution in [-0.2, 0) is 0 Å². The number of amidine groups is 1. The molecule has 1 aromatic rings. The lowest BCUT2D eigenvalue weighted by atomic mass is 10.1. The van der Waals surface area contributed by atoms with Gasteiger partial charge in [0.05, 0.1) is 15.8 Å². The van der Waals surface area contributed by atoms with Crippen LogP contribution >= 0.6 is 35.0 Å². The first-order chi connectivity index (χ1) is 13.0. The normalized spacial score (nSPS) is 24.1. The fourth-order valence-electron chi connectivity index (χ4n) is 2.55. The number of carbonyl (C=O) groups is 1. The monoisotopic (exact) mass is 423 g/mol. The molecule has 3 rings (SSSR count). The van der Waals surface area contributed by atoms with E-state index in [1.165, 1.54) is 16.8 Å². The number of hydrazine groups is 1. The van der Waals surface area contributed by atoms with Gasteiger partial charge in [-0.1, -0.05) is 55.1 Å². The van der Waals surface area contributed by atoms with Crippen molar-refractivity contribution < 1.29 is 4.79 Å². The summed E-state index contributed by atoms with van der Waals surface area (Å²) in [6.07, 6.45) is 5.02. The second kappa shape index (κ2) is 8.73. The molecule has 0 saturated heterocycles. The number of hydrogen-bond acceptors (Lipinski definition) is 5. The minimum atomic E-state index is -0.689. The molecule has 0 fully saturated rings. The molecule has 1 aromatic carbocycles. The Hall–Kier alpha value is -2.09. The van der Waals surface area contributed by atoms with Crippen molar-refractivity contribution in [2.75, 3.05) is 5.75 Å². The number of aliphatic imine (C=N–C) groups is 1.